The maximum absolute atomic E-state index is 14.1. The van der Waals surface area contributed by atoms with Crippen LogP contribution in [0.1, 0.15) is 66.4 Å². The maximum atomic E-state index is 14.1. The lowest BCUT2D eigenvalue weighted by Gasteiger charge is -2.49. The zero-order valence-corrected chi connectivity index (χ0v) is 20.7. The van der Waals surface area contributed by atoms with Crippen LogP contribution >= 0.6 is 11.3 Å². The molecule has 1 aromatic carbocycles. The van der Waals surface area contributed by atoms with Crippen LogP contribution < -0.4 is 4.74 Å². The Kier molecular flexibility index (Phi) is 5.64. The van der Waals surface area contributed by atoms with Crippen LogP contribution in [0.4, 0.5) is 4.39 Å². The number of aryl methyl sites for hydroxylation is 1. The first-order chi connectivity index (χ1) is 16.4. The highest BCUT2D eigenvalue weighted by atomic mass is 32.1. The standard InChI is InChI=1S/C26H33FN4O2S/c1-18-28-29-23(34-18)15-33-22-5-3-2-4-21(22)19-7-12-30(13-8-19)20-6-9-25(14-20)16-31(17-25)24(32)26(27)10-11-26/h2-5,19-20H,6-17H2,1H3/t20-/m1/s1. The second-order valence-corrected chi connectivity index (χ2v) is 12.1. The summed E-state index contributed by atoms with van der Waals surface area (Å²) in [6, 6.07) is 9.03. The number of carbonyl (C=O) groups is 1. The van der Waals surface area contributed by atoms with Gasteiger partial charge in [0, 0.05) is 24.5 Å². The zero-order valence-electron chi connectivity index (χ0n) is 19.8. The molecule has 4 aliphatic rings. The van der Waals surface area contributed by atoms with Crippen molar-refractivity contribution in [1.82, 2.24) is 20.0 Å². The van der Waals surface area contributed by atoms with Crippen molar-refractivity contribution in [2.24, 2.45) is 5.41 Å². The van der Waals surface area contributed by atoms with Crippen LogP contribution in [0.5, 0.6) is 5.75 Å². The van der Waals surface area contributed by atoms with E-state index in [-0.39, 0.29) is 11.3 Å². The van der Waals surface area contributed by atoms with E-state index in [4.69, 9.17) is 4.74 Å². The van der Waals surface area contributed by atoms with Crippen molar-refractivity contribution in [3.05, 3.63) is 39.8 Å². The van der Waals surface area contributed by atoms with Gasteiger partial charge in [-0.05, 0) is 82.5 Å². The Morgan fingerprint density at radius 1 is 1.15 bits per heavy atom. The molecule has 2 aliphatic heterocycles. The quantitative estimate of drug-likeness (QED) is 0.605. The minimum atomic E-state index is -1.52. The van der Waals surface area contributed by atoms with Crippen molar-refractivity contribution in [2.45, 2.75) is 76.1 Å². The summed E-state index contributed by atoms with van der Waals surface area (Å²) in [4.78, 5) is 16.7. The summed E-state index contributed by atoms with van der Waals surface area (Å²) < 4.78 is 20.3. The molecule has 6 rings (SSSR count). The molecular weight excluding hydrogens is 451 g/mol. The largest absolute Gasteiger partial charge is 0.486 e. The number of amides is 1. The Labute approximate surface area is 204 Å². The van der Waals surface area contributed by atoms with Gasteiger partial charge in [0.05, 0.1) is 0 Å². The Bertz CT molecular complexity index is 1060. The first-order valence-electron chi connectivity index (χ1n) is 12.7. The van der Waals surface area contributed by atoms with E-state index in [0.29, 0.717) is 31.4 Å². The molecular formula is C26H33FN4O2S. The Morgan fingerprint density at radius 2 is 1.91 bits per heavy atom. The highest BCUT2D eigenvalue weighted by Gasteiger charge is 2.58. The van der Waals surface area contributed by atoms with Crippen molar-refractivity contribution in [2.75, 3.05) is 26.2 Å². The summed E-state index contributed by atoms with van der Waals surface area (Å²) in [7, 11) is 0. The van der Waals surface area contributed by atoms with Crippen molar-refractivity contribution < 1.29 is 13.9 Å². The second-order valence-electron chi connectivity index (χ2n) is 10.9. The predicted molar refractivity (Wildman–Crippen MR) is 129 cm³/mol. The van der Waals surface area contributed by atoms with Crippen LogP contribution in [0, 0.1) is 12.3 Å². The monoisotopic (exact) mass is 484 g/mol. The fraction of sp³-hybridized carbons (Fsp3) is 0.654. The van der Waals surface area contributed by atoms with Gasteiger partial charge in [0.2, 0.25) is 0 Å². The highest BCUT2D eigenvalue weighted by molar-refractivity contribution is 7.11. The average molecular weight is 485 g/mol. The van der Waals surface area contributed by atoms with E-state index >= 15 is 0 Å². The molecule has 0 radical (unpaired) electrons. The van der Waals surface area contributed by atoms with Crippen LogP contribution in [-0.4, -0.2) is 63.8 Å². The predicted octanol–water partition coefficient (Wildman–Crippen LogP) is 4.49. The number of carbonyl (C=O) groups excluding carboxylic acids is 1. The first-order valence-corrected chi connectivity index (χ1v) is 13.5. The number of ether oxygens (including phenoxy) is 1. The number of nitrogens with zero attached hydrogens (tertiary/aromatic N) is 4. The molecule has 1 spiro atoms. The average Bonchev–Trinajstić information content (AvgIpc) is 3.23. The molecule has 4 fully saturated rings. The Morgan fingerprint density at radius 3 is 2.62 bits per heavy atom. The van der Waals surface area contributed by atoms with Gasteiger partial charge in [-0.15, -0.1) is 10.2 Å². The maximum Gasteiger partial charge on any atom is 0.260 e. The van der Waals surface area contributed by atoms with Gasteiger partial charge < -0.3 is 14.5 Å². The number of piperidine rings is 1. The number of benzene rings is 1. The topological polar surface area (TPSA) is 58.6 Å². The summed E-state index contributed by atoms with van der Waals surface area (Å²) in [6.45, 7) is 6.17. The number of alkyl halides is 1. The van der Waals surface area contributed by atoms with Gasteiger partial charge in [-0.2, -0.15) is 0 Å². The SMILES string of the molecule is Cc1nnc(COc2ccccc2C2CCN([C@@H]3CCC4(C3)CN(C(=O)C3(F)CC3)C4)CC2)s1. The fourth-order valence-corrected chi connectivity index (χ4v) is 6.97. The Balaban J connectivity index is 1.01. The van der Waals surface area contributed by atoms with Crippen LogP contribution in [-0.2, 0) is 11.4 Å². The number of aromatic nitrogens is 2. The lowest BCUT2D eigenvalue weighted by atomic mass is 9.77. The Hall–Kier alpha value is -2.06. The first kappa shape index (κ1) is 22.4. The van der Waals surface area contributed by atoms with Crippen LogP contribution in [0.25, 0.3) is 0 Å². The molecule has 182 valence electrons. The summed E-state index contributed by atoms with van der Waals surface area (Å²) in [5, 5.41) is 10.1. The van der Waals surface area contributed by atoms with Crippen molar-refractivity contribution in [1.29, 1.82) is 0 Å². The number of hydrogen-bond donors (Lipinski definition) is 0. The minimum Gasteiger partial charge on any atom is -0.486 e. The van der Waals surface area contributed by atoms with Crippen LogP contribution in [0.15, 0.2) is 24.3 Å². The van der Waals surface area contributed by atoms with E-state index in [1.807, 2.05) is 13.0 Å². The normalized spacial score (nSPS) is 25.9. The van der Waals surface area contributed by atoms with Gasteiger partial charge in [-0.1, -0.05) is 29.5 Å². The van der Waals surface area contributed by atoms with Crippen molar-refractivity contribution >= 4 is 17.2 Å². The molecule has 0 unspecified atom stereocenters. The number of halogens is 1. The molecule has 2 saturated heterocycles. The molecule has 2 aromatic rings. The van der Waals surface area contributed by atoms with E-state index in [1.165, 1.54) is 18.4 Å². The van der Waals surface area contributed by atoms with Gasteiger partial charge in [0.15, 0.2) is 10.7 Å². The van der Waals surface area contributed by atoms with E-state index in [1.54, 1.807) is 16.2 Å². The molecule has 6 nitrogen and oxygen atoms in total. The summed E-state index contributed by atoms with van der Waals surface area (Å²) >= 11 is 1.58. The molecule has 2 aliphatic carbocycles. The van der Waals surface area contributed by atoms with Gasteiger partial charge in [-0.25, -0.2) is 4.39 Å². The zero-order chi connectivity index (χ0) is 23.3. The smallest absolute Gasteiger partial charge is 0.260 e. The molecule has 0 bridgehead atoms. The minimum absolute atomic E-state index is 0.242. The molecule has 0 N–H and O–H groups in total. The summed E-state index contributed by atoms with van der Waals surface area (Å²) in [6.07, 6.45) is 6.64. The van der Waals surface area contributed by atoms with E-state index in [0.717, 1.165) is 61.2 Å². The lowest BCUT2D eigenvalue weighted by molar-refractivity contribution is -0.150. The number of rotatable bonds is 6. The molecule has 2 saturated carbocycles. The number of likely N-dealkylation sites (tertiary alicyclic amines) is 2. The van der Waals surface area contributed by atoms with Crippen molar-refractivity contribution in [3.63, 3.8) is 0 Å². The summed E-state index contributed by atoms with van der Waals surface area (Å²) in [5.74, 6) is 1.23. The van der Waals surface area contributed by atoms with Gasteiger partial charge in [0.25, 0.3) is 5.91 Å². The third-order valence-electron chi connectivity index (χ3n) is 8.41. The molecule has 1 aromatic heterocycles. The lowest BCUT2D eigenvalue weighted by Crippen LogP contribution is -2.60. The molecule has 34 heavy (non-hydrogen) atoms. The number of hydrogen-bond acceptors (Lipinski definition) is 6. The van der Waals surface area contributed by atoms with Gasteiger partial charge in [-0.3, -0.25) is 4.79 Å². The molecule has 1 atom stereocenters. The van der Waals surface area contributed by atoms with E-state index in [2.05, 4.69) is 33.3 Å². The third kappa shape index (κ3) is 4.24. The van der Waals surface area contributed by atoms with E-state index in [9.17, 15) is 9.18 Å². The fourth-order valence-electron chi connectivity index (χ4n) is 6.35. The van der Waals surface area contributed by atoms with Gasteiger partial charge in [0.1, 0.15) is 17.4 Å². The molecule has 8 heteroatoms. The summed E-state index contributed by atoms with van der Waals surface area (Å²) in [5.41, 5.74) is 0.0310. The molecule has 3 heterocycles. The van der Waals surface area contributed by atoms with Gasteiger partial charge >= 0.3 is 0 Å². The molecule has 1 amide bonds. The number of para-hydroxylation sites is 1. The van der Waals surface area contributed by atoms with E-state index < -0.39 is 5.67 Å². The van der Waals surface area contributed by atoms with Crippen LogP contribution in [0.3, 0.4) is 0 Å². The van der Waals surface area contributed by atoms with Crippen molar-refractivity contribution in [3.8, 4) is 5.75 Å². The highest BCUT2D eigenvalue weighted by Crippen LogP contribution is 2.51. The second kappa shape index (κ2) is 8.55. The van der Waals surface area contributed by atoms with Crippen LogP contribution in [0.2, 0.25) is 0 Å². The third-order valence-corrected chi connectivity index (χ3v) is 9.22.